The number of ether oxygens (including phenoxy) is 6. The number of nitrogens with zero attached hydrogens (tertiary/aromatic N) is 1. The molecule has 0 aliphatic carbocycles. The Kier molecular flexibility index (Phi) is 38.6. The Bertz CT molecular complexity index is 5190. The maximum absolute atomic E-state index is 11.5. The highest BCUT2D eigenvalue weighted by Gasteiger charge is 2.15. The SMILES string of the molecule is COCc1cc(N(C)C)ccc1-c1ccc(Cl)cc1.COCc1cc(N)ccc1-c1ccc(Cl)cc1.COCc1cc(NC(C)=O)ccc1-c1ccc(Cl)cc1.COCc1cc(NS(C)(=O)=O)ccc1-c1ccc(Cl)cc1.COCc1cc(S(C)=O)ccc1-c1ccc(Cl)cc1.COCc1cc(SC)ccc1-c1ccc(Cl)cc1. The third kappa shape index (κ3) is 29.9. The van der Waals surface area contributed by atoms with Gasteiger partial charge in [-0.1, -0.05) is 179 Å². The van der Waals surface area contributed by atoms with E-state index in [1.165, 1.54) is 45.3 Å². The molecule has 1 unspecified atom stereocenters. The lowest BCUT2D eigenvalue weighted by Crippen LogP contribution is -2.10. The number of rotatable bonds is 24. The van der Waals surface area contributed by atoms with Crippen molar-refractivity contribution in [1.82, 2.24) is 0 Å². The summed E-state index contributed by atoms with van der Waals surface area (Å²) in [6, 6.07) is 82.0. The number of hydrogen-bond donors (Lipinski definition) is 3. The highest BCUT2D eigenvalue weighted by molar-refractivity contribution is 7.98. The lowest BCUT2D eigenvalue weighted by molar-refractivity contribution is -0.114. The standard InChI is InChI=1S/C16H16ClNO2.C16H18ClNO.C15H16ClNO3S.C15H15ClO2S.C15H15ClOS.C14H14ClNO/c1-11(19)18-15-7-8-16(13(9-15)10-20-2)12-3-5-14(17)6-4-12;1-18(2)15-8-9-16(13(10-15)11-19-3)12-4-6-14(17)7-5-12;1-20-10-12-9-14(17-21(2,18)19)7-8-15(12)11-3-5-13(16)6-4-11;1-18-10-12-9-14(19(2)17)7-8-15(12)11-3-5-13(16)6-4-11;1-17-10-12-9-14(18-2)7-8-15(12)11-3-5-13(16)6-4-11;1-17-9-11-8-13(16)6-7-14(11)10-2-4-12(15)5-3-10/h3-9H,10H2,1-2H3,(H,18,19);4-10H,11H2,1-3H3;3-9,17H,10H2,1-2H3;3-9H,10H2,1-2H3;3-9H,10H2,1-2H3;2-8H,9,16H2,1H3. The van der Waals surface area contributed by atoms with Gasteiger partial charge in [-0.25, -0.2) is 8.42 Å². The van der Waals surface area contributed by atoms with Gasteiger partial charge in [0, 0.05) is 143 Å². The monoisotopic (exact) mass is 1710 g/mol. The smallest absolute Gasteiger partial charge is 0.229 e. The van der Waals surface area contributed by atoms with E-state index in [4.69, 9.17) is 104 Å². The predicted octanol–water partition coefficient (Wildman–Crippen LogP) is 24.4. The van der Waals surface area contributed by atoms with Gasteiger partial charge < -0.3 is 44.4 Å². The molecule has 0 aliphatic heterocycles. The van der Waals surface area contributed by atoms with Crippen molar-refractivity contribution in [2.75, 3.05) is 96.2 Å². The largest absolute Gasteiger partial charge is 0.399 e. The fourth-order valence-electron chi connectivity index (χ4n) is 11.8. The van der Waals surface area contributed by atoms with Crippen molar-refractivity contribution >= 4 is 131 Å². The highest BCUT2D eigenvalue weighted by Crippen LogP contribution is 2.35. The number of hydrogen-bond acceptors (Lipinski definition) is 13. The molecule has 1 amide bonds. The molecule has 12 aromatic carbocycles. The topological polar surface area (TPSA) is 177 Å². The van der Waals surface area contributed by atoms with Gasteiger partial charge in [-0.05, 0) is 252 Å². The van der Waals surface area contributed by atoms with E-state index < -0.39 is 20.8 Å². The van der Waals surface area contributed by atoms with Gasteiger partial charge in [-0.3, -0.25) is 13.7 Å². The van der Waals surface area contributed by atoms with Crippen LogP contribution in [-0.4, -0.2) is 94.1 Å². The maximum Gasteiger partial charge on any atom is 0.229 e. The Morgan fingerprint density at radius 1 is 0.395 bits per heavy atom. The van der Waals surface area contributed by atoms with Crippen molar-refractivity contribution in [3.8, 4) is 66.8 Å². The van der Waals surface area contributed by atoms with E-state index in [1.54, 1.807) is 72.8 Å². The number of benzene rings is 12. The molecule has 0 aliphatic rings. The molecule has 1 atom stereocenters. The van der Waals surface area contributed by atoms with E-state index >= 15 is 0 Å². The average molecular weight is 1710 g/mol. The number of carbonyl (C=O) groups is 1. The van der Waals surface area contributed by atoms with Crippen LogP contribution in [-0.2, 0) is 93.7 Å². The summed E-state index contributed by atoms with van der Waals surface area (Å²) >= 11 is 37.2. The predicted molar refractivity (Wildman–Crippen MR) is 481 cm³/mol. The van der Waals surface area contributed by atoms with Crippen molar-refractivity contribution < 1.29 is 45.8 Å². The molecule has 598 valence electrons. The molecule has 14 nitrogen and oxygen atoms in total. The Morgan fingerprint density at radius 3 is 0.991 bits per heavy atom. The van der Waals surface area contributed by atoms with Gasteiger partial charge in [0.1, 0.15) is 0 Å². The number of halogens is 6. The van der Waals surface area contributed by atoms with E-state index in [0.29, 0.717) is 60.4 Å². The van der Waals surface area contributed by atoms with Crippen molar-refractivity contribution in [3.63, 3.8) is 0 Å². The lowest BCUT2D eigenvalue weighted by Gasteiger charge is -2.16. The molecule has 0 bridgehead atoms. The molecule has 12 rings (SSSR count). The molecule has 0 fully saturated rings. The van der Waals surface area contributed by atoms with Crippen molar-refractivity contribution in [2.24, 2.45) is 0 Å². The number of amides is 1. The summed E-state index contributed by atoms with van der Waals surface area (Å²) in [7, 11) is 9.80. The fourth-order valence-corrected chi connectivity index (χ4v) is 14.1. The number of nitrogens with one attached hydrogen (secondary N) is 2. The van der Waals surface area contributed by atoms with E-state index in [-0.39, 0.29) is 5.91 Å². The van der Waals surface area contributed by atoms with Crippen LogP contribution in [0.3, 0.4) is 0 Å². The number of thioether (sulfide) groups is 1. The summed E-state index contributed by atoms with van der Waals surface area (Å²) in [4.78, 5) is 15.3. The zero-order valence-corrected chi connectivity index (χ0v) is 72.6. The number of nitrogens with two attached hydrogens (primary N) is 1. The summed E-state index contributed by atoms with van der Waals surface area (Å²) < 4.78 is 68.0. The Hall–Kier alpha value is -8.54. The van der Waals surface area contributed by atoms with E-state index in [9.17, 15) is 17.4 Å². The first-order chi connectivity index (χ1) is 54.7. The minimum Gasteiger partial charge on any atom is -0.399 e. The third-order valence-corrected chi connectivity index (χ3v) is 20.8. The lowest BCUT2D eigenvalue weighted by atomic mass is 9.99. The van der Waals surface area contributed by atoms with E-state index in [1.807, 2.05) is 220 Å². The minimum atomic E-state index is -3.30. The minimum absolute atomic E-state index is 0.0902. The molecule has 0 saturated heterocycles. The highest BCUT2D eigenvalue weighted by atomic mass is 35.5. The van der Waals surface area contributed by atoms with Crippen LogP contribution in [0.15, 0.2) is 265 Å². The van der Waals surface area contributed by atoms with Gasteiger partial charge in [0.15, 0.2) is 0 Å². The zero-order chi connectivity index (χ0) is 82.9. The quantitative estimate of drug-likeness (QED) is 0.0385. The number of methoxy groups -OCH3 is 6. The van der Waals surface area contributed by atoms with Crippen LogP contribution in [0.25, 0.3) is 66.8 Å². The normalized spacial score (nSPS) is 11.0. The molecule has 12 aromatic rings. The Labute approximate surface area is 708 Å². The van der Waals surface area contributed by atoms with Gasteiger partial charge in [0.25, 0.3) is 0 Å². The second-order valence-electron chi connectivity index (χ2n) is 25.9. The van der Waals surface area contributed by atoms with Crippen LogP contribution in [0.2, 0.25) is 30.1 Å². The maximum atomic E-state index is 11.5. The molecular formula is C91H94Cl6N4O10S3. The Balaban J connectivity index is 0.000000190. The van der Waals surface area contributed by atoms with Gasteiger partial charge in [0.2, 0.25) is 15.9 Å². The number of sulfonamides is 1. The van der Waals surface area contributed by atoms with Gasteiger partial charge in [0.05, 0.1) is 45.9 Å². The first kappa shape index (κ1) is 92.6. The third-order valence-electron chi connectivity index (χ3n) is 17.0. The Morgan fingerprint density at radius 2 is 0.675 bits per heavy atom. The summed E-state index contributed by atoms with van der Waals surface area (Å²) in [5.41, 5.74) is 28.6. The van der Waals surface area contributed by atoms with Crippen LogP contribution < -0.4 is 20.7 Å². The molecule has 114 heavy (non-hydrogen) atoms. The molecule has 0 heterocycles. The van der Waals surface area contributed by atoms with Crippen LogP contribution in [0.5, 0.6) is 0 Å². The van der Waals surface area contributed by atoms with Crippen LogP contribution in [0.1, 0.15) is 40.3 Å². The first-order valence-corrected chi connectivity index (χ1v) is 42.4. The van der Waals surface area contributed by atoms with Crippen LogP contribution in [0.4, 0.5) is 22.7 Å². The summed E-state index contributed by atoms with van der Waals surface area (Å²) in [6.45, 7) is 4.60. The molecule has 0 radical (unpaired) electrons. The van der Waals surface area contributed by atoms with E-state index in [0.717, 1.165) is 110 Å². The second kappa shape index (κ2) is 47.5. The second-order valence-corrected chi connectivity index (χ2v) is 32.5. The molecule has 4 N–H and O–H groups in total. The van der Waals surface area contributed by atoms with Crippen LogP contribution >= 0.6 is 81.4 Å². The number of anilines is 4. The molecule has 23 heteroatoms. The first-order valence-electron chi connectivity index (χ1n) is 35.5. The summed E-state index contributed by atoms with van der Waals surface area (Å²) in [5.74, 6) is -0.0902. The van der Waals surface area contributed by atoms with E-state index in [2.05, 4.69) is 57.6 Å². The number of nitrogen functional groups attached to an aromatic ring is 1. The molecule has 0 aromatic heterocycles. The van der Waals surface area contributed by atoms with Gasteiger partial charge >= 0.3 is 0 Å². The number of carbonyl (C=O) groups excluding carboxylic acids is 1. The average Bonchev–Trinajstić information content (AvgIpc) is 0.849. The van der Waals surface area contributed by atoms with Gasteiger partial charge in [-0.15, -0.1) is 11.8 Å². The summed E-state index contributed by atoms with van der Waals surface area (Å²) in [5, 5.41) is 7.10. The summed E-state index contributed by atoms with van der Waals surface area (Å²) in [6.07, 6.45) is 4.87. The van der Waals surface area contributed by atoms with Crippen molar-refractivity contribution in [2.45, 2.75) is 56.4 Å². The fraction of sp³-hybridized carbons (Fsp3) is 0.198. The van der Waals surface area contributed by atoms with Crippen LogP contribution in [0, 0.1) is 0 Å². The molecular weight excluding hydrogens is 1620 g/mol. The zero-order valence-electron chi connectivity index (χ0n) is 65.6. The van der Waals surface area contributed by atoms with Gasteiger partial charge in [-0.2, -0.15) is 0 Å². The molecule has 0 saturated carbocycles. The van der Waals surface area contributed by atoms with Crippen molar-refractivity contribution in [3.05, 3.63) is 318 Å². The van der Waals surface area contributed by atoms with Crippen molar-refractivity contribution in [1.29, 1.82) is 0 Å². The molecule has 0 spiro atoms.